The van der Waals surface area contributed by atoms with Gasteiger partial charge in [0, 0.05) is 17.8 Å². The summed E-state index contributed by atoms with van der Waals surface area (Å²) in [5, 5.41) is 2.94. The van der Waals surface area contributed by atoms with Gasteiger partial charge >= 0.3 is 0 Å². The van der Waals surface area contributed by atoms with Crippen LogP contribution >= 0.6 is 11.8 Å². The maximum Gasteiger partial charge on any atom is 0.232 e. The van der Waals surface area contributed by atoms with Gasteiger partial charge in [0.05, 0.1) is 5.25 Å². The number of hydrogen-bond donors (Lipinski definition) is 2. The minimum Gasteiger partial charge on any atom is -0.355 e. The lowest BCUT2D eigenvalue weighted by Crippen LogP contribution is -2.38. The molecule has 0 aromatic carbocycles. The molecule has 1 unspecified atom stereocenters. The number of rotatable bonds is 8. The molecule has 0 radical (unpaired) electrons. The van der Waals surface area contributed by atoms with Crippen molar-refractivity contribution >= 4 is 17.7 Å². The molecule has 0 aromatic rings. The average molecular weight is 246 g/mol. The van der Waals surface area contributed by atoms with E-state index in [0.717, 1.165) is 18.7 Å². The molecule has 96 valence electrons. The fourth-order valence-electron chi connectivity index (χ4n) is 1.15. The Morgan fingerprint density at radius 3 is 2.56 bits per heavy atom. The minimum absolute atomic E-state index is 0.00977. The summed E-state index contributed by atoms with van der Waals surface area (Å²) in [6, 6.07) is 0. The molecule has 0 bridgehead atoms. The molecule has 0 rings (SSSR count). The lowest BCUT2D eigenvalue weighted by molar-refractivity contribution is -0.120. The van der Waals surface area contributed by atoms with Gasteiger partial charge in [0.15, 0.2) is 0 Å². The van der Waals surface area contributed by atoms with E-state index in [1.54, 1.807) is 11.8 Å². The van der Waals surface area contributed by atoms with E-state index in [-0.39, 0.29) is 16.7 Å². The predicted molar refractivity (Wildman–Crippen MR) is 72.7 cm³/mol. The molecule has 16 heavy (non-hydrogen) atoms. The van der Waals surface area contributed by atoms with Crippen LogP contribution in [0.4, 0.5) is 0 Å². The van der Waals surface area contributed by atoms with E-state index >= 15 is 0 Å². The monoisotopic (exact) mass is 246 g/mol. The van der Waals surface area contributed by atoms with Gasteiger partial charge in [-0.05, 0) is 27.2 Å². The first kappa shape index (κ1) is 15.8. The summed E-state index contributed by atoms with van der Waals surface area (Å²) in [6.07, 6.45) is 3.43. The summed E-state index contributed by atoms with van der Waals surface area (Å²) < 4.78 is 0. The Kier molecular flexibility index (Phi) is 7.85. The van der Waals surface area contributed by atoms with Gasteiger partial charge in [0.2, 0.25) is 5.91 Å². The maximum atomic E-state index is 11.7. The van der Waals surface area contributed by atoms with Gasteiger partial charge in [-0.15, -0.1) is 11.8 Å². The molecule has 0 aliphatic carbocycles. The van der Waals surface area contributed by atoms with Gasteiger partial charge in [-0.3, -0.25) is 4.79 Å². The molecule has 3 N–H and O–H groups in total. The highest BCUT2D eigenvalue weighted by Gasteiger charge is 2.17. The predicted octanol–water partition coefficient (Wildman–Crippen LogP) is 2.15. The van der Waals surface area contributed by atoms with Crippen molar-refractivity contribution in [2.24, 2.45) is 5.73 Å². The molecule has 0 saturated carbocycles. The second kappa shape index (κ2) is 7.96. The zero-order valence-corrected chi connectivity index (χ0v) is 11.8. The van der Waals surface area contributed by atoms with E-state index in [4.69, 9.17) is 5.73 Å². The van der Waals surface area contributed by atoms with Crippen molar-refractivity contribution in [3.8, 4) is 0 Å². The van der Waals surface area contributed by atoms with Crippen LogP contribution in [0.25, 0.3) is 0 Å². The van der Waals surface area contributed by atoms with Crippen molar-refractivity contribution in [2.75, 3.05) is 12.3 Å². The molecule has 0 saturated heterocycles. The number of carbonyl (C=O) groups is 1. The first-order valence-electron chi connectivity index (χ1n) is 6.05. The van der Waals surface area contributed by atoms with Gasteiger partial charge < -0.3 is 11.1 Å². The summed E-state index contributed by atoms with van der Waals surface area (Å²) in [5.41, 5.74) is 5.66. The summed E-state index contributed by atoms with van der Waals surface area (Å²) in [6.45, 7) is 8.84. The van der Waals surface area contributed by atoms with Crippen molar-refractivity contribution in [2.45, 2.75) is 57.7 Å². The molecular weight excluding hydrogens is 220 g/mol. The fraction of sp³-hybridized carbons (Fsp3) is 0.917. The topological polar surface area (TPSA) is 55.1 Å². The van der Waals surface area contributed by atoms with E-state index in [1.807, 2.05) is 20.8 Å². The van der Waals surface area contributed by atoms with Crippen molar-refractivity contribution in [3.05, 3.63) is 0 Å². The van der Waals surface area contributed by atoms with Crippen LogP contribution in [0, 0.1) is 0 Å². The molecule has 0 aromatic heterocycles. The lowest BCUT2D eigenvalue weighted by atomic mass is 10.1. The van der Waals surface area contributed by atoms with Gasteiger partial charge in [0.1, 0.15) is 0 Å². The maximum absolute atomic E-state index is 11.7. The number of nitrogens with one attached hydrogen (secondary N) is 1. The molecule has 1 amide bonds. The summed E-state index contributed by atoms with van der Waals surface area (Å²) >= 11 is 1.62. The summed E-state index contributed by atoms with van der Waals surface area (Å²) in [5.74, 6) is 0.932. The van der Waals surface area contributed by atoms with E-state index in [9.17, 15) is 4.79 Å². The molecule has 1 atom stereocenters. The molecule has 0 fully saturated rings. The lowest BCUT2D eigenvalue weighted by Gasteiger charge is -2.20. The number of thioether (sulfide) groups is 1. The largest absolute Gasteiger partial charge is 0.355 e. The SMILES string of the molecule is CCCCCNC(=O)C(C)SCC(C)(C)N. The Morgan fingerprint density at radius 2 is 2.06 bits per heavy atom. The highest BCUT2D eigenvalue weighted by atomic mass is 32.2. The number of amides is 1. The fourth-order valence-corrected chi connectivity index (χ4v) is 2.06. The molecule has 0 heterocycles. The van der Waals surface area contributed by atoms with Crippen LogP contribution < -0.4 is 11.1 Å². The molecule has 0 spiro atoms. The van der Waals surface area contributed by atoms with Gasteiger partial charge in [0.25, 0.3) is 0 Å². The van der Waals surface area contributed by atoms with E-state index in [2.05, 4.69) is 12.2 Å². The van der Waals surface area contributed by atoms with Crippen molar-refractivity contribution in [1.29, 1.82) is 0 Å². The van der Waals surface area contributed by atoms with E-state index in [1.165, 1.54) is 12.8 Å². The zero-order chi connectivity index (χ0) is 12.6. The van der Waals surface area contributed by atoms with Crippen molar-refractivity contribution in [1.82, 2.24) is 5.32 Å². The van der Waals surface area contributed by atoms with Crippen LogP contribution in [0.1, 0.15) is 47.0 Å². The Bertz CT molecular complexity index is 202. The van der Waals surface area contributed by atoms with Gasteiger partial charge in [-0.1, -0.05) is 19.8 Å². The van der Waals surface area contributed by atoms with Crippen LogP contribution in [-0.4, -0.2) is 29.0 Å². The number of nitrogens with two attached hydrogens (primary N) is 1. The molecule has 4 heteroatoms. The Hall–Kier alpha value is -0.220. The number of carbonyl (C=O) groups excluding carboxylic acids is 1. The van der Waals surface area contributed by atoms with Crippen LogP contribution in [0.5, 0.6) is 0 Å². The summed E-state index contributed by atoms with van der Waals surface area (Å²) in [7, 11) is 0. The van der Waals surface area contributed by atoms with Crippen LogP contribution in [-0.2, 0) is 4.79 Å². The third kappa shape index (κ3) is 9.04. The highest BCUT2D eigenvalue weighted by molar-refractivity contribution is 8.00. The normalized spacial score (nSPS) is 13.6. The van der Waals surface area contributed by atoms with Crippen LogP contribution in [0.3, 0.4) is 0 Å². The molecule has 0 aliphatic heterocycles. The molecule has 0 aliphatic rings. The standard InChI is InChI=1S/C12H26N2OS/c1-5-6-7-8-14-11(15)10(2)16-9-12(3,4)13/h10H,5-9,13H2,1-4H3,(H,14,15). The Labute approximate surface area is 104 Å². The third-order valence-corrected chi connectivity index (χ3v) is 3.78. The van der Waals surface area contributed by atoms with Gasteiger partial charge in [-0.2, -0.15) is 0 Å². The smallest absolute Gasteiger partial charge is 0.232 e. The zero-order valence-electron chi connectivity index (χ0n) is 11.0. The van der Waals surface area contributed by atoms with Crippen molar-refractivity contribution < 1.29 is 4.79 Å². The summed E-state index contributed by atoms with van der Waals surface area (Å²) in [4.78, 5) is 11.7. The molecule has 3 nitrogen and oxygen atoms in total. The Balaban J connectivity index is 3.65. The number of unbranched alkanes of at least 4 members (excludes halogenated alkanes) is 2. The first-order chi connectivity index (χ1) is 7.37. The first-order valence-corrected chi connectivity index (χ1v) is 7.10. The van der Waals surface area contributed by atoms with Crippen molar-refractivity contribution in [3.63, 3.8) is 0 Å². The minimum atomic E-state index is -0.207. The second-order valence-electron chi connectivity index (χ2n) is 4.94. The quantitative estimate of drug-likeness (QED) is 0.645. The van der Waals surface area contributed by atoms with E-state index < -0.39 is 0 Å². The van der Waals surface area contributed by atoms with Crippen LogP contribution in [0.15, 0.2) is 0 Å². The van der Waals surface area contributed by atoms with Crippen LogP contribution in [0.2, 0.25) is 0 Å². The Morgan fingerprint density at radius 1 is 1.44 bits per heavy atom. The van der Waals surface area contributed by atoms with Gasteiger partial charge in [-0.25, -0.2) is 0 Å². The second-order valence-corrected chi connectivity index (χ2v) is 6.27. The van der Waals surface area contributed by atoms with E-state index in [0.29, 0.717) is 0 Å². The molecular formula is C12H26N2OS. The number of hydrogen-bond acceptors (Lipinski definition) is 3. The highest BCUT2D eigenvalue weighted by Crippen LogP contribution is 2.15. The third-order valence-electron chi connectivity index (χ3n) is 2.15. The average Bonchev–Trinajstić information content (AvgIpc) is 2.19.